The largest absolute Gasteiger partial charge is 0.455 e. The van der Waals surface area contributed by atoms with Gasteiger partial charge in [0.15, 0.2) is 5.58 Å². The summed E-state index contributed by atoms with van der Waals surface area (Å²) >= 11 is 6.15. The highest BCUT2D eigenvalue weighted by atomic mass is 35.5. The standard InChI is InChI=1S/C16H12ClNO/c17-13-3-1-2-12-9-15(19-16(12)13)11-4-5-14-10(8-11)6-7-18-14/h1-5,8-9,18H,6-7H2. The Bertz CT molecular complexity index is 776. The van der Waals surface area contributed by atoms with Gasteiger partial charge in [0.25, 0.3) is 0 Å². The molecular formula is C16H12ClNO. The van der Waals surface area contributed by atoms with Crippen LogP contribution in [0, 0.1) is 0 Å². The van der Waals surface area contributed by atoms with Gasteiger partial charge in [-0.1, -0.05) is 23.7 Å². The molecule has 19 heavy (non-hydrogen) atoms. The summed E-state index contributed by atoms with van der Waals surface area (Å²) in [4.78, 5) is 0. The van der Waals surface area contributed by atoms with Gasteiger partial charge in [-0.15, -0.1) is 0 Å². The van der Waals surface area contributed by atoms with E-state index in [1.807, 2.05) is 24.3 Å². The average Bonchev–Trinajstić information content (AvgIpc) is 3.04. The third-order valence-corrected chi connectivity index (χ3v) is 3.89. The summed E-state index contributed by atoms with van der Waals surface area (Å²) < 4.78 is 5.89. The molecule has 2 heterocycles. The van der Waals surface area contributed by atoms with E-state index >= 15 is 0 Å². The molecule has 0 atom stereocenters. The van der Waals surface area contributed by atoms with Crippen LogP contribution in [0.1, 0.15) is 5.56 Å². The Morgan fingerprint density at radius 2 is 2.05 bits per heavy atom. The minimum absolute atomic E-state index is 0.659. The first-order valence-corrected chi connectivity index (χ1v) is 6.74. The topological polar surface area (TPSA) is 25.2 Å². The molecule has 1 aliphatic rings. The highest BCUT2D eigenvalue weighted by molar-refractivity contribution is 6.34. The highest BCUT2D eigenvalue weighted by Gasteiger charge is 2.13. The van der Waals surface area contributed by atoms with Crippen molar-refractivity contribution in [3.8, 4) is 11.3 Å². The van der Waals surface area contributed by atoms with Crippen LogP contribution in [0.25, 0.3) is 22.3 Å². The van der Waals surface area contributed by atoms with Gasteiger partial charge < -0.3 is 9.73 Å². The van der Waals surface area contributed by atoms with Gasteiger partial charge in [-0.25, -0.2) is 0 Å². The molecule has 1 aromatic heterocycles. The second-order valence-electron chi connectivity index (χ2n) is 4.82. The van der Waals surface area contributed by atoms with Crippen molar-refractivity contribution in [1.82, 2.24) is 0 Å². The third-order valence-electron chi connectivity index (χ3n) is 3.60. The normalized spacial score (nSPS) is 13.5. The molecule has 0 aliphatic carbocycles. The molecule has 0 amide bonds. The Hall–Kier alpha value is -1.93. The monoisotopic (exact) mass is 269 g/mol. The quantitative estimate of drug-likeness (QED) is 0.691. The number of hydrogen-bond acceptors (Lipinski definition) is 2. The Balaban J connectivity index is 1.88. The van der Waals surface area contributed by atoms with E-state index in [4.69, 9.17) is 16.0 Å². The van der Waals surface area contributed by atoms with E-state index in [1.165, 1.54) is 11.3 Å². The fourth-order valence-corrected chi connectivity index (χ4v) is 2.85. The van der Waals surface area contributed by atoms with Crippen molar-refractivity contribution < 1.29 is 4.42 Å². The number of furan rings is 1. The van der Waals surface area contributed by atoms with Crippen LogP contribution in [0.5, 0.6) is 0 Å². The number of nitrogens with one attached hydrogen (secondary N) is 1. The Morgan fingerprint density at radius 3 is 2.95 bits per heavy atom. The van der Waals surface area contributed by atoms with E-state index in [0.29, 0.717) is 5.02 Å². The summed E-state index contributed by atoms with van der Waals surface area (Å²) in [5.41, 5.74) is 4.45. The van der Waals surface area contributed by atoms with Gasteiger partial charge in [-0.3, -0.25) is 0 Å². The predicted octanol–water partition coefficient (Wildman–Crippen LogP) is 4.72. The van der Waals surface area contributed by atoms with Crippen LogP contribution in [0.2, 0.25) is 5.02 Å². The molecular weight excluding hydrogens is 258 g/mol. The summed E-state index contributed by atoms with van der Waals surface area (Å²) in [6.45, 7) is 1.02. The number of hydrogen-bond donors (Lipinski definition) is 1. The molecule has 0 spiro atoms. The van der Waals surface area contributed by atoms with Crippen LogP contribution in [-0.2, 0) is 6.42 Å². The number of anilines is 1. The summed E-state index contributed by atoms with van der Waals surface area (Å²) in [7, 11) is 0. The van der Waals surface area contributed by atoms with E-state index in [0.717, 1.165) is 35.3 Å². The summed E-state index contributed by atoms with van der Waals surface area (Å²) in [6.07, 6.45) is 1.07. The average molecular weight is 270 g/mol. The van der Waals surface area contributed by atoms with Gasteiger partial charge >= 0.3 is 0 Å². The fourth-order valence-electron chi connectivity index (χ4n) is 2.63. The van der Waals surface area contributed by atoms with Crippen molar-refractivity contribution >= 4 is 28.3 Å². The van der Waals surface area contributed by atoms with Gasteiger partial charge in [0.2, 0.25) is 0 Å². The van der Waals surface area contributed by atoms with Crippen molar-refractivity contribution in [2.24, 2.45) is 0 Å². The van der Waals surface area contributed by atoms with Crippen molar-refractivity contribution in [3.05, 3.63) is 53.1 Å². The van der Waals surface area contributed by atoms with E-state index in [2.05, 4.69) is 23.5 Å². The summed E-state index contributed by atoms with van der Waals surface area (Å²) in [5, 5.41) is 5.06. The molecule has 0 fully saturated rings. The maximum Gasteiger partial charge on any atom is 0.153 e. The molecule has 0 unspecified atom stereocenters. The maximum absolute atomic E-state index is 6.15. The lowest BCUT2D eigenvalue weighted by Gasteiger charge is -2.01. The molecule has 1 aliphatic heterocycles. The second kappa shape index (κ2) is 4.04. The van der Waals surface area contributed by atoms with Gasteiger partial charge in [-0.2, -0.15) is 0 Å². The molecule has 3 heteroatoms. The molecule has 3 aromatic rings. The highest BCUT2D eigenvalue weighted by Crippen LogP contribution is 2.34. The minimum atomic E-state index is 0.659. The van der Waals surface area contributed by atoms with Gasteiger partial charge in [0.05, 0.1) is 5.02 Å². The molecule has 2 nitrogen and oxygen atoms in total. The summed E-state index contributed by atoms with van der Waals surface area (Å²) in [6, 6.07) is 14.3. The molecule has 1 N–H and O–H groups in total. The maximum atomic E-state index is 6.15. The number of halogens is 1. The third kappa shape index (κ3) is 1.71. The van der Waals surface area contributed by atoms with Crippen molar-refractivity contribution in [2.45, 2.75) is 6.42 Å². The summed E-state index contributed by atoms with van der Waals surface area (Å²) in [5.74, 6) is 0.873. The first-order chi connectivity index (χ1) is 9.31. The molecule has 0 saturated heterocycles. The van der Waals surface area contributed by atoms with Crippen LogP contribution in [0.4, 0.5) is 5.69 Å². The van der Waals surface area contributed by atoms with Gasteiger partial charge in [0, 0.05) is 23.2 Å². The van der Waals surface area contributed by atoms with Gasteiger partial charge in [-0.05, 0) is 42.3 Å². The van der Waals surface area contributed by atoms with Crippen LogP contribution in [-0.4, -0.2) is 6.54 Å². The lowest BCUT2D eigenvalue weighted by atomic mass is 10.1. The number of fused-ring (bicyclic) bond motifs is 2. The van der Waals surface area contributed by atoms with Crippen molar-refractivity contribution in [1.29, 1.82) is 0 Å². The minimum Gasteiger partial charge on any atom is -0.455 e. The SMILES string of the molecule is Clc1cccc2cc(-c3ccc4c(c3)CCN4)oc12. The Kier molecular flexibility index (Phi) is 2.32. The van der Waals surface area contributed by atoms with Crippen molar-refractivity contribution in [3.63, 3.8) is 0 Å². The van der Waals surface area contributed by atoms with Crippen molar-refractivity contribution in [2.75, 3.05) is 11.9 Å². The zero-order valence-corrected chi connectivity index (χ0v) is 11.0. The number of para-hydroxylation sites is 1. The molecule has 4 rings (SSSR count). The first-order valence-electron chi connectivity index (χ1n) is 6.36. The fraction of sp³-hybridized carbons (Fsp3) is 0.125. The Labute approximate surface area is 116 Å². The van der Waals surface area contributed by atoms with E-state index in [1.54, 1.807) is 0 Å². The van der Waals surface area contributed by atoms with Crippen LogP contribution in [0.15, 0.2) is 46.9 Å². The zero-order valence-electron chi connectivity index (χ0n) is 10.2. The zero-order chi connectivity index (χ0) is 12.8. The van der Waals surface area contributed by atoms with E-state index in [9.17, 15) is 0 Å². The molecule has 94 valence electrons. The van der Waals surface area contributed by atoms with Crippen LogP contribution < -0.4 is 5.32 Å². The lowest BCUT2D eigenvalue weighted by Crippen LogP contribution is -1.90. The van der Waals surface area contributed by atoms with Gasteiger partial charge in [0.1, 0.15) is 5.76 Å². The molecule has 0 bridgehead atoms. The van der Waals surface area contributed by atoms with Crippen LogP contribution in [0.3, 0.4) is 0 Å². The van der Waals surface area contributed by atoms with E-state index < -0.39 is 0 Å². The Morgan fingerprint density at radius 1 is 1.11 bits per heavy atom. The van der Waals surface area contributed by atoms with Crippen LogP contribution >= 0.6 is 11.6 Å². The smallest absolute Gasteiger partial charge is 0.153 e. The molecule has 0 saturated carbocycles. The lowest BCUT2D eigenvalue weighted by molar-refractivity contribution is 0.631. The predicted molar refractivity (Wildman–Crippen MR) is 78.9 cm³/mol. The number of rotatable bonds is 1. The molecule has 2 aromatic carbocycles. The first kappa shape index (κ1) is 10.9. The second-order valence-corrected chi connectivity index (χ2v) is 5.22. The van der Waals surface area contributed by atoms with E-state index in [-0.39, 0.29) is 0 Å². The number of benzene rings is 2. The molecule has 0 radical (unpaired) electrons.